The minimum absolute atomic E-state index is 0.124. The zero-order valence-electron chi connectivity index (χ0n) is 12.7. The quantitative estimate of drug-likeness (QED) is 0.909. The van der Waals surface area contributed by atoms with Crippen molar-refractivity contribution in [2.75, 3.05) is 5.32 Å². The molecule has 1 aliphatic rings. The van der Waals surface area contributed by atoms with Crippen LogP contribution in [0, 0.1) is 6.92 Å². The average Bonchev–Trinajstić information content (AvgIpc) is 3.00. The van der Waals surface area contributed by atoms with Crippen LogP contribution in [0.4, 0.5) is 11.5 Å². The number of nitrogens with one attached hydrogen (secondary N) is 2. The molecule has 0 atom stereocenters. The van der Waals surface area contributed by atoms with Crippen LogP contribution in [-0.4, -0.2) is 21.9 Å². The molecule has 0 spiro atoms. The van der Waals surface area contributed by atoms with Gasteiger partial charge in [0, 0.05) is 17.8 Å². The van der Waals surface area contributed by atoms with Crippen LogP contribution in [0.3, 0.4) is 0 Å². The summed E-state index contributed by atoms with van der Waals surface area (Å²) in [5.74, 6) is 0.499. The Hall–Kier alpha value is -2.43. The standard InChI is InChI=1S/C17H20N4O/c1-12-5-4-8-14(9-12)20-16-10-15(18-11-19-16)17(22)21-13-6-2-3-7-13/h4-5,8-11,13H,2-3,6-7H2,1H3,(H,21,22)(H,18,19,20). The molecule has 1 aromatic carbocycles. The molecule has 22 heavy (non-hydrogen) atoms. The van der Waals surface area contributed by atoms with Crippen molar-refractivity contribution in [3.63, 3.8) is 0 Å². The molecule has 3 rings (SSSR count). The van der Waals surface area contributed by atoms with Crippen LogP contribution in [-0.2, 0) is 0 Å². The molecule has 5 nitrogen and oxygen atoms in total. The van der Waals surface area contributed by atoms with E-state index in [0.717, 1.165) is 18.5 Å². The molecule has 0 aliphatic heterocycles. The average molecular weight is 296 g/mol. The van der Waals surface area contributed by atoms with Crippen molar-refractivity contribution >= 4 is 17.4 Å². The molecule has 1 heterocycles. The predicted molar refractivity (Wildman–Crippen MR) is 86.2 cm³/mol. The Labute approximate surface area is 130 Å². The first kappa shape index (κ1) is 14.5. The Kier molecular flexibility index (Phi) is 4.32. The van der Waals surface area contributed by atoms with Crippen LogP contribution < -0.4 is 10.6 Å². The second-order valence-corrected chi connectivity index (χ2v) is 5.74. The molecular formula is C17H20N4O. The van der Waals surface area contributed by atoms with Crippen molar-refractivity contribution in [1.82, 2.24) is 15.3 Å². The van der Waals surface area contributed by atoms with Crippen molar-refractivity contribution in [1.29, 1.82) is 0 Å². The van der Waals surface area contributed by atoms with E-state index in [0.29, 0.717) is 11.5 Å². The zero-order valence-corrected chi connectivity index (χ0v) is 12.7. The fourth-order valence-corrected chi connectivity index (χ4v) is 2.75. The highest BCUT2D eigenvalue weighted by atomic mass is 16.1. The number of aryl methyl sites for hydroxylation is 1. The summed E-state index contributed by atoms with van der Waals surface area (Å²) in [4.78, 5) is 20.5. The van der Waals surface area contributed by atoms with E-state index >= 15 is 0 Å². The Balaban J connectivity index is 1.70. The van der Waals surface area contributed by atoms with Crippen LogP contribution >= 0.6 is 0 Å². The Morgan fingerprint density at radius 1 is 1.18 bits per heavy atom. The van der Waals surface area contributed by atoms with Gasteiger partial charge in [0.1, 0.15) is 17.8 Å². The minimum Gasteiger partial charge on any atom is -0.348 e. The zero-order chi connectivity index (χ0) is 15.4. The maximum Gasteiger partial charge on any atom is 0.270 e. The molecule has 1 aromatic heterocycles. The molecule has 0 radical (unpaired) electrons. The summed E-state index contributed by atoms with van der Waals surface area (Å²) < 4.78 is 0. The summed E-state index contributed by atoms with van der Waals surface area (Å²) in [5.41, 5.74) is 2.51. The number of benzene rings is 1. The van der Waals surface area contributed by atoms with Crippen molar-refractivity contribution in [2.24, 2.45) is 0 Å². The van der Waals surface area contributed by atoms with Crippen LogP contribution in [0.5, 0.6) is 0 Å². The summed E-state index contributed by atoms with van der Waals surface area (Å²) in [6.45, 7) is 2.03. The molecule has 0 bridgehead atoms. The van der Waals surface area contributed by atoms with Crippen molar-refractivity contribution in [3.8, 4) is 0 Å². The minimum atomic E-state index is -0.124. The second kappa shape index (κ2) is 6.56. The van der Waals surface area contributed by atoms with Gasteiger partial charge in [0.2, 0.25) is 0 Å². The first-order chi connectivity index (χ1) is 10.7. The van der Waals surface area contributed by atoms with E-state index in [1.165, 1.54) is 24.7 Å². The molecule has 1 fully saturated rings. The van der Waals surface area contributed by atoms with E-state index in [4.69, 9.17) is 0 Å². The fourth-order valence-electron chi connectivity index (χ4n) is 2.75. The van der Waals surface area contributed by atoms with Crippen LogP contribution in [0.2, 0.25) is 0 Å². The smallest absolute Gasteiger partial charge is 0.270 e. The van der Waals surface area contributed by atoms with Gasteiger partial charge < -0.3 is 10.6 Å². The first-order valence-electron chi connectivity index (χ1n) is 7.67. The molecule has 5 heteroatoms. The van der Waals surface area contributed by atoms with E-state index in [9.17, 15) is 4.79 Å². The molecule has 1 amide bonds. The third kappa shape index (κ3) is 3.61. The van der Waals surface area contributed by atoms with Gasteiger partial charge in [-0.15, -0.1) is 0 Å². The molecule has 0 unspecified atom stereocenters. The highest BCUT2D eigenvalue weighted by molar-refractivity contribution is 5.93. The Morgan fingerprint density at radius 3 is 2.77 bits per heavy atom. The van der Waals surface area contributed by atoms with E-state index in [1.807, 2.05) is 31.2 Å². The van der Waals surface area contributed by atoms with Crippen LogP contribution in [0.1, 0.15) is 41.7 Å². The van der Waals surface area contributed by atoms with E-state index in [2.05, 4.69) is 20.6 Å². The van der Waals surface area contributed by atoms with Gasteiger partial charge in [0.05, 0.1) is 0 Å². The lowest BCUT2D eigenvalue weighted by molar-refractivity contribution is 0.0932. The highest BCUT2D eigenvalue weighted by Gasteiger charge is 2.18. The number of carbonyl (C=O) groups is 1. The number of hydrogen-bond acceptors (Lipinski definition) is 4. The molecule has 2 aromatic rings. The van der Waals surface area contributed by atoms with E-state index < -0.39 is 0 Å². The van der Waals surface area contributed by atoms with E-state index in [1.54, 1.807) is 6.07 Å². The number of amides is 1. The molecular weight excluding hydrogens is 276 g/mol. The number of carbonyl (C=O) groups excluding carboxylic acids is 1. The predicted octanol–water partition coefficient (Wildman–Crippen LogP) is 3.20. The number of rotatable bonds is 4. The van der Waals surface area contributed by atoms with Gasteiger partial charge in [-0.05, 0) is 37.5 Å². The third-order valence-corrected chi connectivity index (χ3v) is 3.88. The summed E-state index contributed by atoms with van der Waals surface area (Å²) in [6, 6.07) is 9.98. The Morgan fingerprint density at radius 2 is 2.00 bits per heavy atom. The molecule has 1 aliphatic carbocycles. The Bertz CT molecular complexity index is 665. The maximum absolute atomic E-state index is 12.2. The third-order valence-electron chi connectivity index (χ3n) is 3.88. The van der Waals surface area contributed by atoms with Gasteiger partial charge in [-0.3, -0.25) is 4.79 Å². The van der Waals surface area contributed by atoms with Crippen molar-refractivity contribution < 1.29 is 4.79 Å². The normalized spacial score (nSPS) is 14.8. The molecule has 114 valence electrons. The van der Waals surface area contributed by atoms with Gasteiger partial charge in [-0.2, -0.15) is 0 Å². The van der Waals surface area contributed by atoms with Gasteiger partial charge in [-0.1, -0.05) is 25.0 Å². The van der Waals surface area contributed by atoms with E-state index in [-0.39, 0.29) is 11.9 Å². The molecule has 2 N–H and O–H groups in total. The lowest BCUT2D eigenvalue weighted by Gasteiger charge is -2.12. The second-order valence-electron chi connectivity index (χ2n) is 5.74. The topological polar surface area (TPSA) is 66.9 Å². The largest absolute Gasteiger partial charge is 0.348 e. The summed E-state index contributed by atoms with van der Waals surface area (Å²) in [6.07, 6.45) is 5.92. The van der Waals surface area contributed by atoms with Crippen LogP contribution in [0.15, 0.2) is 36.7 Å². The number of hydrogen-bond donors (Lipinski definition) is 2. The first-order valence-corrected chi connectivity index (χ1v) is 7.67. The van der Waals surface area contributed by atoms with Crippen LogP contribution in [0.25, 0.3) is 0 Å². The lowest BCUT2D eigenvalue weighted by Crippen LogP contribution is -2.33. The fraction of sp³-hybridized carbons (Fsp3) is 0.353. The van der Waals surface area contributed by atoms with Gasteiger partial charge in [-0.25, -0.2) is 9.97 Å². The summed E-state index contributed by atoms with van der Waals surface area (Å²) >= 11 is 0. The lowest BCUT2D eigenvalue weighted by atomic mass is 10.2. The maximum atomic E-state index is 12.2. The number of aromatic nitrogens is 2. The van der Waals surface area contributed by atoms with Gasteiger partial charge in [0.15, 0.2) is 0 Å². The van der Waals surface area contributed by atoms with Gasteiger partial charge in [0.25, 0.3) is 5.91 Å². The van der Waals surface area contributed by atoms with Gasteiger partial charge >= 0.3 is 0 Å². The monoisotopic (exact) mass is 296 g/mol. The highest BCUT2D eigenvalue weighted by Crippen LogP contribution is 2.19. The number of nitrogens with zero attached hydrogens (tertiary/aromatic N) is 2. The molecule has 0 saturated heterocycles. The molecule has 1 saturated carbocycles. The summed E-state index contributed by atoms with van der Waals surface area (Å²) in [5, 5.41) is 6.24. The summed E-state index contributed by atoms with van der Waals surface area (Å²) in [7, 11) is 0. The van der Waals surface area contributed by atoms with Crippen molar-refractivity contribution in [2.45, 2.75) is 38.6 Å². The SMILES string of the molecule is Cc1cccc(Nc2cc(C(=O)NC3CCCC3)ncn2)c1. The van der Waals surface area contributed by atoms with Crippen molar-refractivity contribution in [3.05, 3.63) is 47.9 Å². The number of anilines is 2.